The molecule has 0 radical (unpaired) electrons. The normalized spacial score (nSPS) is 9.91. The minimum absolute atomic E-state index is 0.0812. The van der Waals surface area contributed by atoms with Crippen LogP contribution in [-0.2, 0) is 6.54 Å². The molecule has 2 heteroatoms. The van der Waals surface area contributed by atoms with Crippen molar-refractivity contribution in [2.45, 2.75) is 26.3 Å². The Morgan fingerprint density at radius 1 is 1.36 bits per heavy atom. The van der Waals surface area contributed by atoms with Gasteiger partial charge in [-0.25, -0.2) is 0 Å². The van der Waals surface area contributed by atoms with Gasteiger partial charge in [-0.1, -0.05) is 13.3 Å². The summed E-state index contributed by atoms with van der Waals surface area (Å²) in [7, 11) is 0. The van der Waals surface area contributed by atoms with Crippen LogP contribution in [0.5, 0.6) is 0 Å². The maximum atomic E-state index is 10.7. The van der Waals surface area contributed by atoms with E-state index >= 15 is 0 Å². The zero-order valence-electron chi connectivity index (χ0n) is 6.79. The molecule has 0 bridgehead atoms. The Labute approximate surface area is 66.5 Å². The van der Waals surface area contributed by atoms with Gasteiger partial charge < -0.3 is 4.57 Å². The number of unbranched alkanes of at least 4 members (excludes halogenated alkanes) is 1. The summed E-state index contributed by atoms with van der Waals surface area (Å²) < 4.78 is 2.03. The summed E-state index contributed by atoms with van der Waals surface area (Å²) in [5.74, 6) is 0. The van der Waals surface area contributed by atoms with E-state index in [1.807, 2.05) is 17.0 Å². The Bertz CT molecular complexity index is 244. The Morgan fingerprint density at radius 2 is 2.00 bits per heavy atom. The minimum Gasteiger partial charge on any atom is -0.354 e. The first-order chi connectivity index (χ1) is 5.33. The van der Waals surface area contributed by atoms with Crippen molar-refractivity contribution in [3.63, 3.8) is 0 Å². The maximum Gasteiger partial charge on any atom is 0.181 e. The van der Waals surface area contributed by atoms with E-state index in [1.165, 1.54) is 12.8 Å². The Balaban J connectivity index is 2.59. The first-order valence-corrected chi connectivity index (χ1v) is 3.99. The van der Waals surface area contributed by atoms with E-state index in [0.29, 0.717) is 0 Å². The van der Waals surface area contributed by atoms with Gasteiger partial charge in [0.05, 0.1) is 0 Å². The zero-order chi connectivity index (χ0) is 8.10. The number of aryl methyl sites for hydroxylation is 1. The molecule has 0 saturated heterocycles. The lowest BCUT2D eigenvalue weighted by Crippen LogP contribution is -2.03. The monoisotopic (exact) mass is 151 g/mol. The number of hydrogen-bond donors (Lipinski definition) is 0. The van der Waals surface area contributed by atoms with Crippen LogP contribution in [0.2, 0.25) is 0 Å². The first-order valence-electron chi connectivity index (χ1n) is 3.99. The van der Waals surface area contributed by atoms with Crippen molar-refractivity contribution in [2.75, 3.05) is 0 Å². The summed E-state index contributed by atoms with van der Waals surface area (Å²) in [5, 5.41) is 0. The highest BCUT2D eigenvalue weighted by Crippen LogP contribution is 1.92. The van der Waals surface area contributed by atoms with Gasteiger partial charge in [-0.2, -0.15) is 0 Å². The lowest BCUT2D eigenvalue weighted by Gasteiger charge is -2.02. The molecule has 0 aliphatic rings. The average Bonchev–Trinajstić information content (AvgIpc) is 2.04. The predicted octanol–water partition coefficient (Wildman–Crippen LogP) is 1.65. The third-order valence-electron chi connectivity index (χ3n) is 1.63. The van der Waals surface area contributed by atoms with E-state index in [0.717, 1.165) is 6.54 Å². The Hall–Kier alpha value is -1.05. The highest BCUT2D eigenvalue weighted by atomic mass is 16.1. The third kappa shape index (κ3) is 2.58. The third-order valence-corrected chi connectivity index (χ3v) is 1.63. The van der Waals surface area contributed by atoms with Crippen LogP contribution in [0.4, 0.5) is 0 Å². The number of rotatable bonds is 3. The molecule has 0 fully saturated rings. The zero-order valence-corrected chi connectivity index (χ0v) is 6.79. The van der Waals surface area contributed by atoms with Crippen LogP contribution in [0.15, 0.2) is 29.3 Å². The molecule has 11 heavy (non-hydrogen) atoms. The van der Waals surface area contributed by atoms with Crippen LogP contribution in [0.25, 0.3) is 0 Å². The highest BCUT2D eigenvalue weighted by Gasteiger charge is 1.86. The van der Waals surface area contributed by atoms with Gasteiger partial charge in [-0.05, 0) is 6.42 Å². The molecule has 1 aromatic rings. The van der Waals surface area contributed by atoms with E-state index in [4.69, 9.17) is 0 Å². The van der Waals surface area contributed by atoms with E-state index in [-0.39, 0.29) is 5.43 Å². The Morgan fingerprint density at radius 3 is 2.55 bits per heavy atom. The second-order valence-corrected chi connectivity index (χ2v) is 2.63. The summed E-state index contributed by atoms with van der Waals surface area (Å²) in [5.41, 5.74) is 0.0812. The van der Waals surface area contributed by atoms with Crippen molar-refractivity contribution in [1.29, 1.82) is 0 Å². The molecule has 0 N–H and O–H groups in total. The van der Waals surface area contributed by atoms with Gasteiger partial charge in [-0.3, -0.25) is 4.79 Å². The van der Waals surface area contributed by atoms with Crippen molar-refractivity contribution in [3.8, 4) is 0 Å². The van der Waals surface area contributed by atoms with E-state index in [2.05, 4.69) is 6.92 Å². The fourth-order valence-electron chi connectivity index (χ4n) is 0.933. The number of hydrogen-bond acceptors (Lipinski definition) is 1. The van der Waals surface area contributed by atoms with Crippen LogP contribution >= 0.6 is 0 Å². The minimum atomic E-state index is 0.0812. The molecule has 0 unspecified atom stereocenters. The summed E-state index contributed by atoms with van der Waals surface area (Å²) in [4.78, 5) is 10.7. The van der Waals surface area contributed by atoms with Crippen molar-refractivity contribution in [1.82, 2.24) is 4.57 Å². The first kappa shape index (κ1) is 8.05. The molecule has 1 rings (SSSR count). The SMILES string of the molecule is CCCCn1ccc(=O)cc1. The molecule has 0 spiro atoms. The molecule has 1 heterocycles. The smallest absolute Gasteiger partial charge is 0.181 e. The second-order valence-electron chi connectivity index (χ2n) is 2.63. The van der Waals surface area contributed by atoms with Gasteiger partial charge >= 0.3 is 0 Å². The molecular formula is C9H13NO. The van der Waals surface area contributed by atoms with Crippen LogP contribution in [-0.4, -0.2) is 4.57 Å². The fourth-order valence-corrected chi connectivity index (χ4v) is 0.933. The lowest BCUT2D eigenvalue weighted by atomic mass is 10.3. The van der Waals surface area contributed by atoms with Crippen LogP contribution in [0.3, 0.4) is 0 Å². The molecule has 2 nitrogen and oxygen atoms in total. The molecular weight excluding hydrogens is 138 g/mol. The van der Waals surface area contributed by atoms with E-state index < -0.39 is 0 Å². The molecule has 0 amide bonds. The number of aromatic nitrogens is 1. The van der Waals surface area contributed by atoms with Gasteiger partial charge in [0.1, 0.15) is 0 Å². The second kappa shape index (κ2) is 3.96. The predicted molar refractivity (Wildman–Crippen MR) is 45.6 cm³/mol. The summed E-state index contributed by atoms with van der Waals surface area (Å²) in [6.45, 7) is 3.17. The molecule has 0 aromatic carbocycles. The summed E-state index contributed by atoms with van der Waals surface area (Å²) in [6.07, 6.45) is 6.02. The topological polar surface area (TPSA) is 22.0 Å². The van der Waals surface area contributed by atoms with E-state index in [9.17, 15) is 4.79 Å². The molecule has 0 aliphatic heterocycles. The molecule has 0 aliphatic carbocycles. The van der Waals surface area contributed by atoms with Crippen LogP contribution < -0.4 is 5.43 Å². The molecule has 0 saturated carbocycles. The van der Waals surface area contributed by atoms with E-state index in [1.54, 1.807) is 12.1 Å². The van der Waals surface area contributed by atoms with Gasteiger partial charge in [-0.15, -0.1) is 0 Å². The van der Waals surface area contributed by atoms with Crippen molar-refractivity contribution < 1.29 is 0 Å². The van der Waals surface area contributed by atoms with Gasteiger partial charge in [0.25, 0.3) is 0 Å². The highest BCUT2D eigenvalue weighted by molar-refractivity contribution is 4.93. The maximum absolute atomic E-state index is 10.7. The summed E-state index contributed by atoms with van der Waals surface area (Å²) >= 11 is 0. The van der Waals surface area contributed by atoms with Gasteiger partial charge in [0.15, 0.2) is 5.43 Å². The average molecular weight is 151 g/mol. The molecule has 1 aromatic heterocycles. The quantitative estimate of drug-likeness (QED) is 0.643. The summed E-state index contributed by atoms with van der Waals surface area (Å²) in [6, 6.07) is 3.19. The number of pyridine rings is 1. The number of nitrogens with zero attached hydrogens (tertiary/aromatic N) is 1. The molecule has 0 atom stereocenters. The van der Waals surface area contributed by atoms with Crippen molar-refractivity contribution >= 4 is 0 Å². The van der Waals surface area contributed by atoms with Gasteiger partial charge in [0, 0.05) is 31.1 Å². The van der Waals surface area contributed by atoms with Crippen molar-refractivity contribution in [3.05, 3.63) is 34.7 Å². The van der Waals surface area contributed by atoms with Crippen LogP contribution in [0.1, 0.15) is 19.8 Å². The van der Waals surface area contributed by atoms with Crippen molar-refractivity contribution in [2.24, 2.45) is 0 Å². The fraction of sp³-hybridized carbons (Fsp3) is 0.444. The van der Waals surface area contributed by atoms with Gasteiger partial charge in [0.2, 0.25) is 0 Å². The lowest BCUT2D eigenvalue weighted by molar-refractivity contribution is 0.628. The largest absolute Gasteiger partial charge is 0.354 e. The van der Waals surface area contributed by atoms with Crippen LogP contribution in [0, 0.1) is 0 Å². The standard InChI is InChI=1S/C9H13NO/c1-2-3-6-10-7-4-9(11)5-8-10/h4-5,7-8H,2-3,6H2,1H3. The molecule has 60 valence electrons. The Kier molecular flexibility index (Phi) is 2.90.